The molecule has 28 heavy (non-hydrogen) atoms. The molecule has 0 bridgehead atoms. The highest BCUT2D eigenvalue weighted by Gasteiger charge is 2.19. The molecule has 5 nitrogen and oxygen atoms in total. The Bertz CT molecular complexity index is 966. The molecule has 1 aromatic carbocycles. The summed E-state index contributed by atoms with van der Waals surface area (Å²) in [4.78, 5) is 7.05. The van der Waals surface area contributed by atoms with Crippen molar-refractivity contribution in [3.63, 3.8) is 0 Å². The number of aryl methyl sites for hydroxylation is 1. The van der Waals surface area contributed by atoms with Gasteiger partial charge in [-0.2, -0.15) is 5.26 Å². The number of likely N-dealkylation sites (tertiary alicyclic amines) is 1. The summed E-state index contributed by atoms with van der Waals surface area (Å²) in [7, 11) is 0. The highest BCUT2D eigenvalue weighted by Crippen LogP contribution is 2.33. The Morgan fingerprint density at radius 1 is 1.18 bits per heavy atom. The largest absolute Gasteiger partial charge is 0.475 e. The average molecular weight is 373 g/mol. The SMILES string of the molecule is Cc1ccc(-c2cc(-c3ccco3)c(C#N)c(OCCN3CCCC3)n2)cc1. The minimum atomic E-state index is 0.367. The van der Waals surface area contributed by atoms with E-state index in [9.17, 15) is 5.26 Å². The lowest BCUT2D eigenvalue weighted by molar-refractivity contribution is 0.232. The first-order chi connectivity index (χ1) is 13.7. The molecule has 5 heteroatoms. The smallest absolute Gasteiger partial charge is 0.233 e. The molecule has 0 atom stereocenters. The first kappa shape index (κ1) is 18.3. The third-order valence-electron chi connectivity index (χ3n) is 5.08. The predicted molar refractivity (Wildman–Crippen MR) is 108 cm³/mol. The van der Waals surface area contributed by atoms with E-state index < -0.39 is 0 Å². The second-order valence-electron chi connectivity index (χ2n) is 7.09. The molecule has 0 saturated carbocycles. The van der Waals surface area contributed by atoms with Crippen molar-refractivity contribution >= 4 is 0 Å². The number of nitrogens with zero attached hydrogens (tertiary/aromatic N) is 3. The van der Waals surface area contributed by atoms with Crippen molar-refractivity contribution in [3.8, 4) is 34.5 Å². The van der Waals surface area contributed by atoms with Crippen LogP contribution in [-0.4, -0.2) is 36.1 Å². The summed E-state index contributed by atoms with van der Waals surface area (Å²) in [6, 6.07) is 16.0. The Labute approximate surface area is 165 Å². The zero-order valence-corrected chi connectivity index (χ0v) is 16.0. The highest BCUT2D eigenvalue weighted by atomic mass is 16.5. The fourth-order valence-corrected chi connectivity index (χ4v) is 3.51. The zero-order valence-electron chi connectivity index (χ0n) is 16.0. The molecule has 0 unspecified atom stereocenters. The number of rotatable bonds is 6. The predicted octanol–water partition coefficient (Wildman–Crippen LogP) is 4.66. The molecule has 0 spiro atoms. The second kappa shape index (κ2) is 8.28. The molecule has 0 radical (unpaired) electrons. The van der Waals surface area contributed by atoms with Gasteiger partial charge in [-0.05, 0) is 51.1 Å². The van der Waals surface area contributed by atoms with Gasteiger partial charge in [0.15, 0.2) is 0 Å². The Balaban J connectivity index is 1.69. The van der Waals surface area contributed by atoms with Crippen molar-refractivity contribution in [2.45, 2.75) is 19.8 Å². The van der Waals surface area contributed by atoms with Crippen LogP contribution in [0, 0.1) is 18.3 Å². The van der Waals surface area contributed by atoms with E-state index in [0.717, 1.165) is 30.9 Å². The lowest BCUT2D eigenvalue weighted by Crippen LogP contribution is -2.25. The normalized spacial score (nSPS) is 14.1. The van der Waals surface area contributed by atoms with Crippen molar-refractivity contribution in [1.29, 1.82) is 5.26 Å². The number of hydrogen-bond acceptors (Lipinski definition) is 5. The summed E-state index contributed by atoms with van der Waals surface area (Å²) in [5, 5.41) is 9.78. The molecule has 0 aliphatic carbocycles. The van der Waals surface area contributed by atoms with Gasteiger partial charge in [-0.15, -0.1) is 0 Å². The van der Waals surface area contributed by atoms with Gasteiger partial charge in [0.25, 0.3) is 0 Å². The number of ether oxygens (including phenoxy) is 1. The van der Waals surface area contributed by atoms with E-state index in [1.54, 1.807) is 6.26 Å². The Morgan fingerprint density at radius 2 is 1.96 bits per heavy atom. The number of benzene rings is 1. The first-order valence-electron chi connectivity index (χ1n) is 9.66. The van der Waals surface area contributed by atoms with Crippen molar-refractivity contribution in [3.05, 3.63) is 59.9 Å². The molecule has 142 valence electrons. The highest BCUT2D eigenvalue weighted by molar-refractivity contribution is 5.75. The van der Waals surface area contributed by atoms with E-state index in [1.807, 2.05) is 30.3 Å². The van der Waals surface area contributed by atoms with E-state index >= 15 is 0 Å². The summed E-state index contributed by atoms with van der Waals surface area (Å²) < 4.78 is 11.6. The number of furan rings is 1. The Morgan fingerprint density at radius 3 is 2.64 bits per heavy atom. The molecule has 3 aromatic rings. The minimum absolute atomic E-state index is 0.367. The van der Waals surface area contributed by atoms with Crippen LogP contribution in [0.15, 0.2) is 53.1 Å². The van der Waals surface area contributed by atoms with Crippen LogP contribution in [-0.2, 0) is 0 Å². The molecular formula is C23H23N3O2. The first-order valence-corrected chi connectivity index (χ1v) is 9.66. The minimum Gasteiger partial charge on any atom is -0.475 e. The maximum atomic E-state index is 9.78. The zero-order chi connectivity index (χ0) is 19.3. The van der Waals surface area contributed by atoms with Gasteiger partial charge in [-0.1, -0.05) is 29.8 Å². The van der Waals surface area contributed by atoms with Crippen LogP contribution in [0.5, 0.6) is 5.88 Å². The molecule has 1 fully saturated rings. The van der Waals surface area contributed by atoms with Crippen molar-refractivity contribution in [2.75, 3.05) is 26.2 Å². The third-order valence-corrected chi connectivity index (χ3v) is 5.08. The van der Waals surface area contributed by atoms with Crippen molar-refractivity contribution in [1.82, 2.24) is 9.88 Å². The molecular weight excluding hydrogens is 350 g/mol. The van der Waals surface area contributed by atoms with Crippen LogP contribution >= 0.6 is 0 Å². The van der Waals surface area contributed by atoms with Gasteiger partial charge >= 0.3 is 0 Å². The van der Waals surface area contributed by atoms with Crippen LogP contribution in [0.1, 0.15) is 24.0 Å². The van der Waals surface area contributed by atoms with Gasteiger partial charge in [0.05, 0.1) is 12.0 Å². The Hall–Kier alpha value is -3.10. The van der Waals surface area contributed by atoms with Gasteiger partial charge in [-0.3, -0.25) is 4.90 Å². The average Bonchev–Trinajstić information content (AvgIpc) is 3.42. The summed E-state index contributed by atoms with van der Waals surface area (Å²) in [5.74, 6) is 1.00. The maximum Gasteiger partial charge on any atom is 0.233 e. The van der Waals surface area contributed by atoms with E-state index in [-0.39, 0.29) is 0 Å². The van der Waals surface area contributed by atoms with Gasteiger partial charge in [-0.25, -0.2) is 4.98 Å². The molecule has 4 rings (SSSR count). The summed E-state index contributed by atoms with van der Waals surface area (Å²) in [5.41, 5.74) is 4.04. The van der Waals surface area contributed by atoms with Gasteiger partial charge in [0.1, 0.15) is 24.0 Å². The van der Waals surface area contributed by atoms with Crippen LogP contribution < -0.4 is 4.74 Å². The van der Waals surface area contributed by atoms with Crippen LogP contribution in [0.25, 0.3) is 22.6 Å². The molecule has 2 aromatic heterocycles. The van der Waals surface area contributed by atoms with Crippen LogP contribution in [0.3, 0.4) is 0 Å². The lowest BCUT2D eigenvalue weighted by atomic mass is 10.0. The Kier molecular flexibility index (Phi) is 5.41. The number of pyridine rings is 1. The van der Waals surface area contributed by atoms with E-state index in [2.05, 4.69) is 35.0 Å². The standard InChI is InChI=1S/C23H23N3O2/c1-17-6-8-18(9-7-17)21-15-19(22-5-4-13-27-22)20(16-24)23(25-21)28-14-12-26-10-2-3-11-26/h4-9,13,15H,2-3,10-12,14H2,1H3. The number of nitriles is 1. The quantitative estimate of drug-likeness (QED) is 0.629. The second-order valence-corrected chi connectivity index (χ2v) is 7.09. The van der Waals surface area contributed by atoms with Crippen molar-refractivity contribution in [2.24, 2.45) is 0 Å². The topological polar surface area (TPSA) is 62.3 Å². The van der Waals surface area contributed by atoms with E-state index in [4.69, 9.17) is 9.15 Å². The van der Waals surface area contributed by atoms with Crippen LogP contribution in [0.2, 0.25) is 0 Å². The van der Waals surface area contributed by atoms with Crippen LogP contribution in [0.4, 0.5) is 0 Å². The molecule has 1 aliphatic heterocycles. The molecule has 0 amide bonds. The van der Waals surface area contributed by atoms with E-state index in [1.165, 1.54) is 18.4 Å². The summed E-state index contributed by atoms with van der Waals surface area (Å²) in [6.07, 6.45) is 4.09. The maximum absolute atomic E-state index is 9.78. The molecule has 1 saturated heterocycles. The van der Waals surface area contributed by atoms with Crippen molar-refractivity contribution < 1.29 is 9.15 Å². The fourth-order valence-electron chi connectivity index (χ4n) is 3.51. The summed E-state index contributed by atoms with van der Waals surface area (Å²) in [6.45, 7) is 5.64. The molecule has 1 aliphatic rings. The van der Waals surface area contributed by atoms with Gasteiger partial charge in [0, 0.05) is 17.7 Å². The third kappa shape index (κ3) is 3.92. The molecule has 0 N–H and O–H groups in total. The lowest BCUT2D eigenvalue weighted by Gasteiger charge is -2.16. The molecule has 3 heterocycles. The monoisotopic (exact) mass is 373 g/mol. The summed E-state index contributed by atoms with van der Waals surface area (Å²) >= 11 is 0. The van der Waals surface area contributed by atoms with E-state index in [0.29, 0.717) is 29.4 Å². The fraction of sp³-hybridized carbons (Fsp3) is 0.304. The van der Waals surface area contributed by atoms with Gasteiger partial charge < -0.3 is 9.15 Å². The number of hydrogen-bond donors (Lipinski definition) is 0. The van der Waals surface area contributed by atoms with Gasteiger partial charge in [0.2, 0.25) is 5.88 Å². The number of aromatic nitrogens is 1.